The number of aromatic nitrogens is 1. The predicted octanol–water partition coefficient (Wildman–Crippen LogP) is 3.43. The Balaban J connectivity index is 1.86. The topological polar surface area (TPSA) is 122 Å². The van der Waals surface area contributed by atoms with Gasteiger partial charge in [0.2, 0.25) is 5.91 Å². The molecular formula is C28H36FN3O6. The summed E-state index contributed by atoms with van der Waals surface area (Å²) in [5.74, 6) is -1.81. The first kappa shape index (κ1) is 29.0. The molecule has 2 N–H and O–H groups in total. The van der Waals surface area contributed by atoms with Crippen LogP contribution in [0.15, 0.2) is 58.4 Å². The van der Waals surface area contributed by atoms with Gasteiger partial charge in [-0.25, -0.2) is 14.2 Å². The van der Waals surface area contributed by atoms with Crippen molar-refractivity contribution >= 4 is 17.8 Å². The van der Waals surface area contributed by atoms with Crippen LogP contribution in [0.4, 0.5) is 4.39 Å². The van der Waals surface area contributed by atoms with Crippen molar-refractivity contribution in [2.75, 3.05) is 13.1 Å². The number of oxazole rings is 1. The average molecular weight is 530 g/mol. The molecule has 1 aromatic rings. The first-order valence-electron chi connectivity index (χ1n) is 12.9. The van der Waals surface area contributed by atoms with Crippen LogP contribution >= 0.6 is 0 Å². The van der Waals surface area contributed by atoms with E-state index in [1.165, 1.54) is 17.1 Å². The Morgan fingerprint density at radius 3 is 2.74 bits per heavy atom. The zero-order valence-corrected chi connectivity index (χ0v) is 22.2. The quantitative estimate of drug-likeness (QED) is 0.535. The number of amides is 2. The number of cyclic esters (lactones) is 1. The molecule has 2 amide bonds. The van der Waals surface area contributed by atoms with Gasteiger partial charge in [0.25, 0.3) is 5.91 Å². The molecule has 0 fully saturated rings. The fraction of sp³-hybridized carbons (Fsp3) is 0.500. The second-order valence-electron chi connectivity index (χ2n) is 9.96. The lowest BCUT2D eigenvalue weighted by Gasteiger charge is -2.27. The molecular weight excluding hydrogens is 493 g/mol. The fourth-order valence-electron chi connectivity index (χ4n) is 4.41. The number of ether oxygens (including phenoxy) is 1. The van der Waals surface area contributed by atoms with Gasteiger partial charge in [0.05, 0.1) is 12.5 Å². The lowest BCUT2D eigenvalue weighted by molar-refractivity contribution is -0.149. The molecule has 0 saturated heterocycles. The molecule has 4 atom stereocenters. The van der Waals surface area contributed by atoms with E-state index in [1.807, 2.05) is 20.8 Å². The second kappa shape index (κ2) is 13.3. The van der Waals surface area contributed by atoms with Crippen molar-refractivity contribution in [2.24, 2.45) is 11.8 Å². The van der Waals surface area contributed by atoms with Gasteiger partial charge >= 0.3 is 5.97 Å². The van der Waals surface area contributed by atoms with E-state index in [0.29, 0.717) is 12.0 Å². The van der Waals surface area contributed by atoms with E-state index in [-0.39, 0.29) is 61.0 Å². The van der Waals surface area contributed by atoms with Crippen LogP contribution in [0.5, 0.6) is 0 Å². The predicted molar refractivity (Wildman–Crippen MR) is 138 cm³/mol. The first-order valence-corrected chi connectivity index (χ1v) is 12.9. The monoisotopic (exact) mass is 529 g/mol. The highest BCUT2D eigenvalue weighted by Gasteiger charge is 2.33. The number of carbonyl (C=O) groups excluding carboxylic acids is 3. The van der Waals surface area contributed by atoms with Gasteiger partial charge in [-0.15, -0.1) is 0 Å². The Bertz CT molecular complexity index is 1140. The summed E-state index contributed by atoms with van der Waals surface area (Å²) in [5.41, 5.74) is 0.773. The molecule has 0 spiro atoms. The van der Waals surface area contributed by atoms with Crippen molar-refractivity contribution in [3.63, 3.8) is 0 Å². The lowest BCUT2D eigenvalue weighted by atomic mass is 9.94. The molecule has 2 bridgehead atoms. The molecule has 9 nitrogen and oxygen atoms in total. The van der Waals surface area contributed by atoms with Gasteiger partial charge in [0.15, 0.2) is 11.6 Å². The van der Waals surface area contributed by atoms with E-state index in [9.17, 15) is 23.9 Å². The maximum atomic E-state index is 14.6. The Labute approximate surface area is 222 Å². The molecule has 1 aromatic heterocycles. The van der Waals surface area contributed by atoms with Crippen LogP contribution in [-0.2, 0) is 20.7 Å². The van der Waals surface area contributed by atoms with Gasteiger partial charge in [-0.3, -0.25) is 9.59 Å². The highest BCUT2D eigenvalue weighted by Crippen LogP contribution is 2.25. The number of rotatable bonds is 1. The number of fused-ring (bicyclic) bond motifs is 3. The van der Waals surface area contributed by atoms with Crippen LogP contribution < -0.4 is 5.32 Å². The summed E-state index contributed by atoms with van der Waals surface area (Å²) < 4.78 is 25.7. The number of halogens is 1. The number of aliphatic hydroxyl groups is 1. The van der Waals surface area contributed by atoms with Crippen molar-refractivity contribution in [3.8, 4) is 0 Å². The molecule has 0 aliphatic carbocycles. The minimum atomic E-state index is -1.46. The molecule has 0 radical (unpaired) electrons. The maximum Gasteiger partial charge on any atom is 0.355 e. The van der Waals surface area contributed by atoms with Crippen molar-refractivity contribution in [2.45, 2.75) is 65.3 Å². The number of carbonyl (C=O) groups is 3. The van der Waals surface area contributed by atoms with Crippen molar-refractivity contribution < 1.29 is 33.0 Å². The Kier molecular flexibility index (Phi) is 10.2. The number of esters is 1. The molecule has 2 aliphatic rings. The van der Waals surface area contributed by atoms with Gasteiger partial charge in [0.1, 0.15) is 24.2 Å². The minimum Gasteiger partial charge on any atom is -0.457 e. The molecule has 206 valence electrons. The van der Waals surface area contributed by atoms with Crippen molar-refractivity contribution in [1.82, 2.24) is 15.2 Å². The number of hydrogen-bond acceptors (Lipinski definition) is 7. The van der Waals surface area contributed by atoms with Gasteiger partial charge in [-0.1, -0.05) is 56.7 Å². The average Bonchev–Trinajstić information content (AvgIpc) is 3.52. The molecule has 38 heavy (non-hydrogen) atoms. The zero-order chi connectivity index (χ0) is 27.8. The third-order valence-electron chi connectivity index (χ3n) is 6.30. The van der Waals surface area contributed by atoms with Crippen LogP contribution in [0, 0.1) is 11.8 Å². The van der Waals surface area contributed by atoms with Crippen LogP contribution in [0.25, 0.3) is 0 Å². The smallest absolute Gasteiger partial charge is 0.355 e. The standard InChI is InChI=1S/C28H36FN3O6/c1-17(2)26-19(4)9-10-24(34)30-11-5-7-18(3)13-21(33)14-20(29)15-25-31-22(16-37-25)27(35)32-12-6-8-23(32)28(36)38-26/h5,7-10,13,16-17,19-21,26,33H,6,11-12,14-15H2,1-4H3,(H,30,34)/b7-5+,10-9+,18-13+/t19-,20+,21-,26-/m1/s1. The van der Waals surface area contributed by atoms with Crippen LogP contribution in [0.1, 0.15) is 56.9 Å². The van der Waals surface area contributed by atoms with Crippen molar-refractivity contribution in [1.29, 1.82) is 0 Å². The van der Waals surface area contributed by atoms with Crippen molar-refractivity contribution in [3.05, 3.63) is 65.6 Å². The van der Waals surface area contributed by atoms with Crippen LogP contribution in [0.3, 0.4) is 0 Å². The van der Waals surface area contributed by atoms with Gasteiger partial charge in [-0.05, 0) is 25.3 Å². The van der Waals surface area contributed by atoms with Gasteiger partial charge in [-0.2, -0.15) is 0 Å². The summed E-state index contributed by atoms with van der Waals surface area (Å²) in [6.07, 6.45) is 7.87. The lowest BCUT2D eigenvalue weighted by Crippen LogP contribution is -2.36. The molecule has 3 rings (SSSR count). The number of hydrogen-bond donors (Lipinski definition) is 2. The molecule has 0 aromatic carbocycles. The molecule has 10 heteroatoms. The number of nitrogens with zero attached hydrogens (tertiary/aromatic N) is 2. The molecule has 0 saturated carbocycles. The number of alkyl halides is 1. The maximum absolute atomic E-state index is 14.6. The summed E-state index contributed by atoms with van der Waals surface area (Å²) in [4.78, 5) is 43.9. The van der Waals surface area contributed by atoms with E-state index in [2.05, 4.69) is 10.3 Å². The van der Waals surface area contributed by atoms with Gasteiger partial charge < -0.3 is 24.5 Å². The van der Waals surface area contributed by atoms with E-state index in [4.69, 9.17) is 9.15 Å². The molecule has 3 heterocycles. The van der Waals surface area contributed by atoms with E-state index in [1.54, 1.807) is 31.2 Å². The Hall–Kier alpha value is -3.53. The van der Waals surface area contributed by atoms with Crippen LogP contribution in [-0.4, -0.2) is 64.2 Å². The third-order valence-corrected chi connectivity index (χ3v) is 6.30. The SMILES string of the molecule is CC1=C\[C@@H](O)C[C@H](F)Cc2nc(co2)C(=O)N2CCC=C2C(=O)O[C@H](C(C)C)[C@H](C)/C=C/C(=O)NC\C=C\1. The number of nitrogens with one attached hydrogen (secondary N) is 1. The highest BCUT2D eigenvalue weighted by molar-refractivity contribution is 6.00. The summed E-state index contributed by atoms with van der Waals surface area (Å²) in [5, 5.41) is 13.0. The van der Waals surface area contributed by atoms with E-state index in [0.717, 1.165) is 6.26 Å². The second-order valence-corrected chi connectivity index (χ2v) is 9.96. The normalized spacial score (nSPS) is 29.6. The highest BCUT2D eigenvalue weighted by atomic mass is 19.1. The van der Waals surface area contributed by atoms with E-state index < -0.39 is 30.3 Å². The van der Waals surface area contributed by atoms with E-state index >= 15 is 0 Å². The minimum absolute atomic E-state index is 0.0237. The third kappa shape index (κ3) is 7.98. The number of allylic oxidation sites excluding steroid dienone is 2. The summed E-state index contributed by atoms with van der Waals surface area (Å²) in [7, 11) is 0. The number of aliphatic hydroxyl groups excluding tert-OH is 1. The fourth-order valence-corrected chi connectivity index (χ4v) is 4.41. The molecule has 2 aliphatic heterocycles. The first-order chi connectivity index (χ1) is 18.0. The Morgan fingerprint density at radius 1 is 1.24 bits per heavy atom. The molecule has 0 unspecified atom stereocenters. The van der Waals surface area contributed by atoms with Crippen LogP contribution in [0.2, 0.25) is 0 Å². The summed E-state index contributed by atoms with van der Waals surface area (Å²) in [6, 6.07) is 0. The Morgan fingerprint density at radius 2 is 2.00 bits per heavy atom. The largest absolute Gasteiger partial charge is 0.457 e. The van der Waals surface area contributed by atoms with Gasteiger partial charge in [0, 0.05) is 25.4 Å². The summed E-state index contributed by atoms with van der Waals surface area (Å²) in [6.45, 7) is 7.96. The summed E-state index contributed by atoms with van der Waals surface area (Å²) >= 11 is 0. The zero-order valence-electron chi connectivity index (χ0n) is 22.2.